The number of carbonyl (C=O) groups excluding carboxylic acids is 1. The molecule has 0 saturated carbocycles. The Morgan fingerprint density at radius 3 is 2.59 bits per heavy atom. The molecule has 1 amide bonds. The Kier molecular flexibility index (Phi) is 5.40. The Labute approximate surface area is 133 Å². The van der Waals surface area contributed by atoms with Gasteiger partial charge in [-0.3, -0.25) is 4.79 Å². The van der Waals surface area contributed by atoms with E-state index in [9.17, 15) is 4.79 Å². The van der Waals surface area contributed by atoms with Crippen molar-refractivity contribution in [3.05, 3.63) is 24.4 Å². The highest BCUT2D eigenvalue weighted by Gasteiger charge is 2.29. The molecule has 1 aromatic heterocycles. The SMILES string of the molecule is CCN(CC1CCN(c2ccccn2)CC1)C(=O)C(C)(C)N. The standard InChI is InChI=1S/C17H28N4O/c1-4-20(16(22)17(2,3)18)13-14-8-11-21(12-9-14)15-7-5-6-10-19-15/h5-7,10,14H,4,8-9,11-13,18H2,1-3H3. The fourth-order valence-electron chi connectivity index (χ4n) is 2.96. The van der Waals surface area contributed by atoms with Gasteiger partial charge in [0.15, 0.2) is 0 Å². The summed E-state index contributed by atoms with van der Waals surface area (Å²) in [5.41, 5.74) is 5.16. The van der Waals surface area contributed by atoms with Gasteiger partial charge in [-0.1, -0.05) is 6.07 Å². The molecule has 1 aromatic rings. The molecule has 0 atom stereocenters. The van der Waals surface area contributed by atoms with E-state index < -0.39 is 5.54 Å². The van der Waals surface area contributed by atoms with Crippen LogP contribution in [0.2, 0.25) is 0 Å². The second-order valence-electron chi connectivity index (χ2n) is 6.68. The Morgan fingerprint density at radius 2 is 2.09 bits per heavy atom. The predicted octanol–water partition coefficient (Wildman–Crippen LogP) is 1.88. The molecule has 0 spiro atoms. The van der Waals surface area contributed by atoms with Crippen molar-refractivity contribution in [1.29, 1.82) is 0 Å². The van der Waals surface area contributed by atoms with Gasteiger partial charge in [0.2, 0.25) is 5.91 Å². The van der Waals surface area contributed by atoms with Crippen molar-refractivity contribution in [2.24, 2.45) is 11.7 Å². The van der Waals surface area contributed by atoms with Gasteiger partial charge in [-0.15, -0.1) is 0 Å². The molecule has 2 rings (SSSR count). The van der Waals surface area contributed by atoms with Crippen molar-refractivity contribution in [2.45, 2.75) is 39.2 Å². The normalized spacial score (nSPS) is 16.6. The van der Waals surface area contributed by atoms with Gasteiger partial charge in [0.1, 0.15) is 5.82 Å². The van der Waals surface area contributed by atoms with E-state index in [1.54, 1.807) is 13.8 Å². The van der Waals surface area contributed by atoms with Gasteiger partial charge in [0, 0.05) is 32.4 Å². The topological polar surface area (TPSA) is 62.5 Å². The van der Waals surface area contributed by atoms with Crippen LogP contribution in [0.25, 0.3) is 0 Å². The first-order valence-electron chi connectivity index (χ1n) is 8.16. The van der Waals surface area contributed by atoms with Crippen molar-refractivity contribution in [3.8, 4) is 0 Å². The Bertz CT molecular complexity index is 475. The summed E-state index contributed by atoms with van der Waals surface area (Å²) < 4.78 is 0. The van der Waals surface area contributed by atoms with Gasteiger partial charge in [0.05, 0.1) is 5.54 Å². The van der Waals surface area contributed by atoms with E-state index in [0.717, 1.165) is 44.8 Å². The van der Waals surface area contributed by atoms with E-state index in [2.05, 4.69) is 16.0 Å². The maximum atomic E-state index is 12.3. The number of carbonyl (C=O) groups is 1. The average Bonchev–Trinajstić information content (AvgIpc) is 2.52. The van der Waals surface area contributed by atoms with Crippen LogP contribution in [0.1, 0.15) is 33.6 Å². The molecule has 122 valence electrons. The first kappa shape index (κ1) is 16.7. The number of rotatable bonds is 5. The molecule has 0 aromatic carbocycles. The number of piperidine rings is 1. The number of nitrogens with two attached hydrogens (primary N) is 1. The first-order chi connectivity index (χ1) is 10.4. The number of anilines is 1. The van der Waals surface area contributed by atoms with E-state index in [1.807, 2.05) is 30.2 Å². The van der Waals surface area contributed by atoms with E-state index in [-0.39, 0.29) is 5.91 Å². The number of likely N-dealkylation sites (N-methyl/N-ethyl adjacent to an activating group) is 1. The van der Waals surface area contributed by atoms with Gasteiger partial charge >= 0.3 is 0 Å². The van der Waals surface area contributed by atoms with Crippen LogP contribution in [0.4, 0.5) is 5.82 Å². The van der Waals surface area contributed by atoms with Crippen LogP contribution in [0.15, 0.2) is 24.4 Å². The van der Waals surface area contributed by atoms with Crippen LogP contribution >= 0.6 is 0 Å². The molecule has 0 bridgehead atoms. The van der Waals surface area contributed by atoms with Gasteiger partial charge in [-0.05, 0) is 51.7 Å². The van der Waals surface area contributed by atoms with Crippen LogP contribution < -0.4 is 10.6 Å². The summed E-state index contributed by atoms with van der Waals surface area (Å²) in [4.78, 5) is 21.0. The fraction of sp³-hybridized carbons (Fsp3) is 0.647. The predicted molar refractivity (Wildman–Crippen MR) is 89.7 cm³/mol. The maximum Gasteiger partial charge on any atom is 0.242 e. The third-order valence-electron chi connectivity index (χ3n) is 4.29. The van der Waals surface area contributed by atoms with Crippen LogP contribution in [0.5, 0.6) is 0 Å². The molecule has 1 aliphatic rings. The van der Waals surface area contributed by atoms with E-state index >= 15 is 0 Å². The highest BCUT2D eigenvalue weighted by atomic mass is 16.2. The Morgan fingerprint density at radius 1 is 1.41 bits per heavy atom. The highest BCUT2D eigenvalue weighted by Crippen LogP contribution is 2.22. The van der Waals surface area contributed by atoms with Gasteiger partial charge in [0.25, 0.3) is 0 Å². The fourth-order valence-corrected chi connectivity index (χ4v) is 2.96. The second-order valence-corrected chi connectivity index (χ2v) is 6.68. The summed E-state index contributed by atoms with van der Waals surface area (Å²) in [6.07, 6.45) is 4.01. The zero-order valence-corrected chi connectivity index (χ0v) is 14.0. The average molecular weight is 304 g/mol. The molecule has 0 radical (unpaired) electrons. The van der Waals surface area contributed by atoms with Crippen molar-refractivity contribution in [3.63, 3.8) is 0 Å². The monoisotopic (exact) mass is 304 g/mol. The molecule has 22 heavy (non-hydrogen) atoms. The first-order valence-corrected chi connectivity index (χ1v) is 8.16. The second kappa shape index (κ2) is 7.09. The quantitative estimate of drug-likeness (QED) is 0.902. The molecular weight excluding hydrogens is 276 g/mol. The van der Waals surface area contributed by atoms with Gasteiger partial charge < -0.3 is 15.5 Å². The lowest BCUT2D eigenvalue weighted by Crippen LogP contribution is -2.52. The maximum absolute atomic E-state index is 12.3. The minimum atomic E-state index is -0.787. The lowest BCUT2D eigenvalue weighted by Gasteiger charge is -2.36. The van der Waals surface area contributed by atoms with Gasteiger partial charge in [-0.2, -0.15) is 0 Å². The van der Waals surface area contributed by atoms with Crippen molar-refractivity contribution < 1.29 is 4.79 Å². The molecule has 5 heteroatoms. The van der Waals surface area contributed by atoms with E-state index in [1.165, 1.54) is 0 Å². The summed E-state index contributed by atoms with van der Waals surface area (Å²) in [5, 5.41) is 0. The number of pyridine rings is 1. The lowest BCUT2D eigenvalue weighted by molar-refractivity contribution is -0.136. The van der Waals surface area contributed by atoms with Crippen molar-refractivity contribution in [2.75, 3.05) is 31.1 Å². The van der Waals surface area contributed by atoms with Crippen LogP contribution in [-0.4, -0.2) is 47.5 Å². The molecule has 2 N–H and O–H groups in total. The number of amides is 1. The van der Waals surface area contributed by atoms with E-state index in [4.69, 9.17) is 5.73 Å². The summed E-state index contributed by atoms with van der Waals surface area (Å²) in [6.45, 7) is 9.11. The zero-order chi connectivity index (χ0) is 16.2. The molecule has 1 aliphatic heterocycles. The Balaban J connectivity index is 1.88. The lowest BCUT2D eigenvalue weighted by atomic mass is 9.95. The Hall–Kier alpha value is -1.62. The van der Waals surface area contributed by atoms with Crippen LogP contribution in [0, 0.1) is 5.92 Å². The third kappa shape index (κ3) is 4.19. The zero-order valence-electron chi connectivity index (χ0n) is 14.0. The summed E-state index contributed by atoms with van der Waals surface area (Å²) in [6, 6.07) is 6.02. The smallest absolute Gasteiger partial charge is 0.242 e. The number of aromatic nitrogens is 1. The number of hydrogen-bond acceptors (Lipinski definition) is 4. The molecule has 5 nitrogen and oxygen atoms in total. The van der Waals surface area contributed by atoms with Crippen molar-refractivity contribution >= 4 is 11.7 Å². The summed E-state index contributed by atoms with van der Waals surface area (Å²) in [7, 11) is 0. The summed E-state index contributed by atoms with van der Waals surface area (Å²) in [5.74, 6) is 1.64. The molecule has 2 heterocycles. The molecular formula is C17H28N4O. The molecule has 1 saturated heterocycles. The number of nitrogens with zero attached hydrogens (tertiary/aromatic N) is 3. The number of hydrogen-bond donors (Lipinski definition) is 1. The largest absolute Gasteiger partial charge is 0.357 e. The molecule has 1 fully saturated rings. The molecule has 0 aliphatic carbocycles. The summed E-state index contributed by atoms with van der Waals surface area (Å²) >= 11 is 0. The van der Waals surface area contributed by atoms with Crippen molar-refractivity contribution in [1.82, 2.24) is 9.88 Å². The van der Waals surface area contributed by atoms with E-state index in [0.29, 0.717) is 5.92 Å². The minimum Gasteiger partial charge on any atom is -0.357 e. The molecule has 0 unspecified atom stereocenters. The minimum absolute atomic E-state index is 0.0437. The third-order valence-corrected chi connectivity index (χ3v) is 4.29. The van der Waals surface area contributed by atoms with Crippen LogP contribution in [-0.2, 0) is 4.79 Å². The van der Waals surface area contributed by atoms with Crippen LogP contribution in [0.3, 0.4) is 0 Å². The highest BCUT2D eigenvalue weighted by molar-refractivity contribution is 5.85. The van der Waals surface area contributed by atoms with Gasteiger partial charge in [-0.25, -0.2) is 4.98 Å².